The Kier molecular flexibility index (Phi) is 5.07. The highest BCUT2D eigenvalue weighted by Crippen LogP contribution is 2.38. The number of carbonyl (C=O) groups excluding carboxylic acids is 2. The molecule has 7 nitrogen and oxygen atoms in total. The number of rotatable bonds is 5. The van der Waals surface area contributed by atoms with Crippen LogP contribution in [-0.4, -0.2) is 34.9 Å². The van der Waals surface area contributed by atoms with Crippen LogP contribution in [0.15, 0.2) is 18.5 Å². The molecule has 148 valence electrons. The number of methoxy groups -OCH3 is 1. The number of aryl methyl sites for hydroxylation is 3. The van der Waals surface area contributed by atoms with Crippen LogP contribution in [0.25, 0.3) is 0 Å². The van der Waals surface area contributed by atoms with E-state index in [9.17, 15) is 9.59 Å². The van der Waals surface area contributed by atoms with Crippen molar-refractivity contribution in [1.29, 1.82) is 0 Å². The maximum Gasteiger partial charge on any atom is 0.330 e. The van der Waals surface area contributed by atoms with Gasteiger partial charge < -0.3 is 15.4 Å². The van der Waals surface area contributed by atoms with Crippen molar-refractivity contribution in [2.75, 3.05) is 12.4 Å². The highest BCUT2D eigenvalue weighted by molar-refractivity contribution is 5.94. The Labute approximate surface area is 164 Å². The van der Waals surface area contributed by atoms with Crippen molar-refractivity contribution >= 4 is 17.7 Å². The fourth-order valence-corrected chi connectivity index (χ4v) is 4.35. The van der Waals surface area contributed by atoms with Gasteiger partial charge in [-0.3, -0.25) is 4.68 Å². The fourth-order valence-electron chi connectivity index (χ4n) is 4.35. The number of urea groups is 1. The van der Waals surface area contributed by atoms with Gasteiger partial charge in [0, 0.05) is 11.9 Å². The molecular weight excluding hydrogens is 356 g/mol. The highest BCUT2D eigenvalue weighted by atomic mass is 16.5. The minimum Gasteiger partial charge on any atom is -0.467 e. The van der Waals surface area contributed by atoms with Crippen molar-refractivity contribution in [3.63, 3.8) is 0 Å². The quantitative estimate of drug-likeness (QED) is 0.778. The van der Waals surface area contributed by atoms with Gasteiger partial charge in [0.2, 0.25) is 0 Å². The third-order valence-corrected chi connectivity index (χ3v) is 5.63. The Balaban J connectivity index is 1.52. The molecule has 4 rings (SSSR count). The van der Waals surface area contributed by atoms with E-state index < -0.39 is 12.0 Å². The van der Waals surface area contributed by atoms with E-state index in [1.165, 1.54) is 29.4 Å². The number of amides is 2. The molecule has 2 aliphatic rings. The smallest absolute Gasteiger partial charge is 0.330 e. The molecule has 0 saturated heterocycles. The third-order valence-electron chi connectivity index (χ3n) is 5.63. The summed E-state index contributed by atoms with van der Waals surface area (Å²) >= 11 is 0. The Morgan fingerprint density at radius 1 is 1.18 bits per heavy atom. The SMILES string of the molecule is COC(=O)C(Cn1cc(C)cn1)NC(=O)Nc1c2c(cc3c1CCC3)CCC2. The van der Waals surface area contributed by atoms with Crippen molar-refractivity contribution in [3.8, 4) is 0 Å². The molecule has 28 heavy (non-hydrogen) atoms. The van der Waals surface area contributed by atoms with E-state index in [1.54, 1.807) is 10.9 Å². The van der Waals surface area contributed by atoms with Gasteiger partial charge in [-0.15, -0.1) is 0 Å². The van der Waals surface area contributed by atoms with Crippen LogP contribution < -0.4 is 10.6 Å². The van der Waals surface area contributed by atoms with E-state index in [0.717, 1.165) is 49.8 Å². The van der Waals surface area contributed by atoms with Gasteiger partial charge in [-0.2, -0.15) is 5.10 Å². The van der Waals surface area contributed by atoms with Crippen molar-refractivity contribution in [3.05, 3.63) is 46.3 Å². The average Bonchev–Trinajstić information content (AvgIpc) is 3.41. The first kappa shape index (κ1) is 18.5. The molecule has 0 bridgehead atoms. The zero-order valence-corrected chi connectivity index (χ0v) is 16.4. The molecule has 2 N–H and O–H groups in total. The second-order valence-corrected chi connectivity index (χ2v) is 7.65. The molecule has 0 fully saturated rings. The summed E-state index contributed by atoms with van der Waals surface area (Å²) in [5, 5.41) is 10.0. The van der Waals surface area contributed by atoms with Crippen LogP contribution in [-0.2, 0) is 41.8 Å². The van der Waals surface area contributed by atoms with Gasteiger partial charge >= 0.3 is 12.0 Å². The fraction of sp³-hybridized carbons (Fsp3) is 0.476. The van der Waals surface area contributed by atoms with Gasteiger partial charge in [0.15, 0.2) is 0 Å². The first-order valence-corrected chi connectivity index (χ1v) is 9.86. The Morgan fingerprint density at radius 2 is 1.86 bits per heavy atom. The number of aromatic nitrogens is 2. The molecule has 0 spiro atoms. The van der Waals surface area contributed by atoms with E-state index in [1.807, 2.05) is 13.1 Å². The minimum absolute atomic E-state index is 0.221. The molecule has 7 heteroatoms. The van der Waals surface area contributed by atoms with Gasteiger partial charge in [-0.25, -0.2) is 9.59 Å². The third kappa shape index (κ3) is 3.61. The summed E-state index contributed by atoms with van der Waals surface area (Å²) in [6.07, 6.45) is 9.91. The molecule has 1 aromatic heterocycles. The number of hydrogen-bond donors (Lipinski definition) is 2. The summed E-state index contributed by atoms with van der Waals surface area (Å²) < 4.78 is 6.50. The Bertz CT molecular complexity index is 886. The first-order valence-electron chi connectivity index (χ1n) is 9.86. The van der Waals surface area contributed by atoms with Crippen LogP contribution >= 0.6 is 0 Å². The second-order valence-electron chi connectivity index (χ2n) is 7.65. The van der Waals surface area contributed by atoms with Gasteiger partial charge in [0.05, 0.1) is 19.9 Å². The van der Waals surface area contributed by atoms with Gasteiger partial charge in [0.1, 0.15) is 6.04 Å². The molecule has 0 radical (unpaired) electrons. The van der Waals surface area contributed by atoms with Crippen LogP contribution in [0, 0.1) is 6.92 Å². The molecular formula is C21H26N4O3. The lowest BCUT2D eigenvalue weighted by Crippen LogP contribution is -2.46. The molecule has 1 heterocycles. The van der Waals surface area contributed by atoms with Crippen molar-refractivity contribution in [2.24, 2.45) is 0 Å². The van der Waals surface area contributed by atoms with E-state index in [-0.39, 0.29) is 12.6 Å². The second kappa shape index (κ2) is 7.66. The van der Waals surface area contributed by atoms with Gasteiger partial charge in [-0.05, 0) is 73.3 Å². The highest BCUT2D eigenvalue weighted by Gasteiger charge is 2.27. The van der Waals surface area contributed by atoms with Crippen LogP contribution in [0.4, 0.5) is 10.5 Å². The number of esters is 1. The minimum atomic E-state index is -0.811. The summed E-state index contributed by atoms with van der Waals surface area (Å²) in [6.45, 7) is 2.15. The Morgan fingerprint density at radius 3 is 2.43 bits per heavy atom. The lowest BCUT2D eigenvalue weighted by Gasteiger charge is -2.20. The largest absolute Gasteiger partial charge is 0.467 e. The number of carbonyl (C=O) groups is 2. The van der Waals surface area contributed by atoms with Crippen molar-refractivity contribution in [1.82, 2.24) is 15.1 Å². The maximum absolute atomic E-state index is 12.8. The average molecular weight is 382 g/mol. The molecule has 0 aliphatic heterocycles. The maximum atomic E-state index is 12.8. The molecule has 2 amide bonds. The predicted octanol–water partition coefficient (Wildman–Crippen LogP) is 2.53. The Hall–Kier alpha value is -2.83. The molecule has 1 unspecified atom stereocenters. The number of anilines is 1. The lowest BCUT2D eigenvalue weighted by atomic mass is 9.99. The van der Waals surface area contributed by atoms with Crippen molar-refractivity contribution in [2.45, 2.75) is 58.0 Å². The normalized spacial score (nSPS) is 15.6. The standard InChI is InChI=1S/C21H26N4O3/c1-13-10-22-25(11-13)12-18(20(26)28-2)23-21(27)24-19-16-7-3-5-14(16)9-15-6-4-8-17(15)19/h9-11,18H,3-8,12H2,1-2H3,(H2,23,24,27). The lowest BCUT2D eigenvalue weighted by molar-refractivity contribution is -0.143. The van der Waals surface area contributed by atoms with Crippen LogP contribution in [0.5, 0.6) is 0 Å². The number of nitrogens with zero attached hydrogens (tertiary/aromatic N) is 2. The van der Waals surface area contributed by atoms with Crippen LogP contribution in [0.3, 0.4) is 0 Å². The van der Waals surface area contributed by atoms with Crippen LogP contribution in [0.1, 0.15) is 40.7 Å². The summed E-state index contributed by atoms with van der Waals surface area (Å²) in [5.41, 5.74) is 7.17. The zero-order chi connectivity index (χ0) is 19.7. The summed E-state index contributed by atoms with van der Waals surface area (Å²) in [4.78, 5) is 25.0. The molecule has 1 aromatic carbocycles. The number of hydrogen-bond acceptors (Lipinski definition) is 4. The van der Waals surface area contributed by atoms with E-state index in [2.05, 4.69) is 21.8 Å². The molecule has 1 atom stereocenters. The van der Waals surface area contributed by atoms with E-state index >= 15 is 0 Å². The van der Waals surface area contributed by atoms with E-state index in [4.69, 9.17) is 4.74 Å². The van der Waals surface area contributed by atoms with Gasteiger partial charge in [0.25, 0.3) is 0 Å². The number of benzene rings is 1. The van der Waals surface area contributed by atoms with Crippen LogP contribution in [0.2, 0.25) is 0 Å². The molecule has 0 saturated carbocycles. The number of fused-ring (bicyclic) bond motifs is 2. The summed E-state index contributed by atoms with van der Waals surface area (Å²) in [7, 11) is 1.32. The monoisotopic (exact) mass is 382 g/mol. The number of nitrogens with one attached hydrogen (secondary N) is 2. The number of ether oxygens (including phenoxy) is 1. The molecule has 2 aromatic rings. The van der Waals surface area contributed by atoms with Crippen molar-refractivity contribution < 1.29 is 14.3 Å². The zero-order valence-electron chi connectivity index (χ0n) is 16.4. The predicted molar refractivity (Wildman–Crippen MR) is 105 cm³/mol. The van der Waals surface area contributed by atoms with E-state index in [0.29, 0.717) is 0 Å². The topological polar surface area (TPSA) is 85.2 Å². The first-order chi connectivity index (χ1) is 13.5. The summed E-state index contributed by atoms with van der Waals surface area (Å²) in [5.74, 6) is -0.494. The van der Waals surface area contributed by atoms with Gasteiger partial charge in [-0.1, -0.05) is 6.07 Å². The molecule has 2 aliphatic carbocycles. The summed E-state index contributed by atoms with van der Waals surface area (Å²) in [6, 6.07) is 1.13.